The summed E-state index contributed by atoms with van der Waals surface area (Å²) in [5, 5.41) is 0. The first-order chi connectivity index (χ1) is 11.6. The Labute approximate surface area is 140 Å². The van der Waals surface area contributed by atoms with Crippen molar-refractivity contribution in [2.24, 2.45) is 0 Å². The first-order valence-electron chi connectivity index (χ1n) is 7.62. The van der Waals surface area contributed by atoms with Gasteiger partial charge in [0.05, 0.1) is 11.1 Å². The van der Waals surface area contributed by atoms with Crippen molar-refractivity contribution < 1.29 is 26.3 Å². The summed E-state index contributed by atoms with van der Waals surface area (Å²) in [5.74, 6) is -0.543. The molecule has 1 aliphatic rings. The molecule has 0 aliphatic carbocycles. The van der Waals surface area contributed by atoms with Crippen LogP contribution in [-0.2, 0) is 18.9 Å². The Kier molecular flexibility index (Phi) is 4.31. The molecule has 0 amide bonds. The van der Waals surface area contributed by atoms with Gasteiger partial charge < -0.3 is 4.90 Å². The zero-order valence-electron chi connectivity index (χ0n) is 13.2. The number of rotatable bonds is 1. The molecule has 2 aromatic rings. The summed E-state index contributed by atoms with van der Waals surface area (Å²) in [5.41, 5.74) is -1.74. The molecule has 0 N–H and O–H groups in total. The van der Waals surface area contributed by atoms with E-state index in [-0.39, 0.29) is 23.7 Å². The predicted octanol–water partition coefficient (Wildman–Crippen LogP) is 5.30. The van der Waals surface area contributed by atoms with Crippen LogP contribution in [-0.4, -0.2) is 18.5 Å². The third-order valence-corrected chi connectivity index (χ3v) is 4.42. The molecule has 3 rings (SSSR count). The molecular formula is C18H15F6N. The van der Waals surface area contributed by atoms with Gasteiger partial charge >= 0.3 is 12.4 Å². The lowest BCUT2D eigenvalue weighted by atomic mass is 9.81. The van der Waals surface area contributed by atoms with Gasteiger partial charge in [0.15, 0.2) is 0 Å². The molecule has 25 heavy (non-hydrogen) atoms. The number of alkyl halides is 6. The second kappa shape index (κ2) is 6.05. The van der Waals surface area contributed by atoms with Crippen LogP contribution in [0.1, 0.15) is 33.7 Å². The van der Waals surface area contributed by atoms with Gasteiger partial charge in [-0.1, -0.05) is 30.3 Å². The highest BCUT2D eigenvalue weighted by molar-refractivity contribution is 5.48. The molecule has 1 nitrogen and oxygen atoms in total. The maximum Gasteiger partial charge on any atom is 0.416 e. The average Bonchev–Trinajstić information content (AvgIpc) is 2.52. The van der Waals surface area contributed by atoms with Crippen molar-refractivity contribution in [3.8, 4) is 0 Å². The maximum absolute atomic E-state index is 13.4. The third-order valence-electron chi connectivity index (χ3n) is 4.42. The summed E-state index contributed by atoms with van der Waals surface area (Å²) < 4.78 is 79.7. The molecule has 0 bridgehead atoms. The standard InChI is InChI=1S/C18H15F6N/c1-25-9-14(11-5-3-2-4-6-11)13-7-12(17(19,20)21)8-16(15(13)10-25)18(22,23)24/h2-8,14H,9-10H2,1H3. The summed E-state index contributed by atoms with van der Waals surface area (Å²) in [6, 6.07) is 9.74. The van der Waals surface area contributed by atoms with E-state index in [0.29, 0.717) is 12.1 Å². The van der Waals surface area contributed by atoms with E-state index in [4.69, 9.17) is 0 Å². The van der Waals surface area contributed by atoms with Crippen LogP contribution in [0.15, 0.2) is 42.5 Å². The van der Waals surface area contributed by atoms with Crippen LogP contribution in [0.4, 0.5) is 26.3 Å². The van der Waals surface area contributed by atoms with Gasteiger partial charge in [0.25, 0.3) is 0 Å². The molecule has 0 spiro atoms. The number of fused-ring (bicyclic) bond motifs is 1. The van der Waals surface area contributed by atoms with E-state index in [1.165, 1.54) is 0 Å². The SMILES string of the molecule is CN1Cc2c(cc(C(F)(F)F)cc2C(F)(F)F)C(c2ccccc2)C1. The predicted molar refractivity (Wildman–Crippen MR) is 81.1 cm³/mol. The summed E-state index contributed by atoms with van der Waals surface area (Å²) >= 11 is 0. The minimum Gasteiger partial charge on any atom is -0.301 e. The first kappa shape index (κ1) is 17.8. The van der Waals surface area contributed by atoms with Gasteiger partial charge in [-0.25, -0.2) is 0 Å². The van der Waals surface area contributed by atoms with Crippen molar-refractivity contribution in [2.75, 3.05) is 13.6 Å². The molecule has 0 saturated heterocycles. The molecule has 0 aromatic heterocycles. The van der Waals surface area contributed by atoms with E-state index in [0.717, 1.165) is 6.07 Å². The van der Waals surface area contributed by atoms with E-state index in [9.17, 15) is 26.3 Å². The lowest BCUT2D eigenvalue weighted by Gasteiger charge is -2.35. The van der Waals surface area contributed by atoms with Gasteiger partial charge in [0.2, 0.25) is 0 Å². The van der Waals surface area contributed by atoms with Crippen LogP contribution in [0.2, 0.25) is 0 Å². The van der Waals surface area contributed by atoms with E-state index >= 15 is 0 Å². The Morgan fingerprint density at radius 1 is 0.920 bits per heavy atom. The average molecular weight is 359 g/mol. The summed E-state index contributed by atoms with van der Waals surface area (Å²) in [6.07, 6.45) is -9.68. The highest BCUT2D eigenvalue weighted by atomic mass is 19.4. The number of likely N-dealkylation sites (N-methyl/N-ethyl adjacent to an activating group) is 1. The quantitative estimate of drug-likeness (QED) is 0.625. The smallest absolute Gasteiger partial charge is 0.301 e. The molecule has 134 valence electrons. The molecule has 1 aliphatic heterocycles. The van der Waals surface area contributed by atoms with E-state index in [1.54, 1.807) is 42.3 Å². The number of nitrogens with zero attached hydrogens (tertiary/aromatic N) is 1. The molecule has 1 atom stereocenters. The fourth-order valence-electron chi connectivity index (χ4n) is 3.31. The monoisotopic (exact) mass is 359 g/mol. The van der Waals surface area contributed by atoms with Crippen LogP contribution < -0.4 is 0 Å². The van der Waals surface area contributed by atoms with Gasteiger partial charge in [0.1, 0.15) is 0 Å². The van der Waals surface area contributed by atoms with Gasteiger partial charge in [-0.15, -0.1) is 0 Å². The molecule has 1 unspecified atom stereocenters. The Bertz CT molecular complexity index is 764. The number of hydrogen-bond acceptors (Lipinski definition) is 1. The topological polar surface area (TPSA) is 3.24 Å². The Morgan fingerprint density at radius 2 is 1.56 bits per heavy atom. The van der Waals surface area contributed by atoms with Crippen molar-refractivity contribution in [3.63, 3.8) is 0 Å². The van der Waals surface area contributed by atoms with Gasteiger partial charge in [-0.3, -0.25) is 0 Å². The molecule has 0 radical (unpaired) electrons. The van der Waals surface area contributed by atoms with Crippen LogP contribution >= 0.6 is 0 Å². The van der Waals surface area contributed by atoms with Crippen LogP contribution in [0.5, 0.6) is 0 Å². The summed E-state index contributed by atoms with van der Waals surface area (Å²) in [6.45, 7) is 0.321. The number of hydrogen-bond donors (Lipinski definition) is 0. The fraction of sp³-hybridized carbons (Fsp3) is 0.333. The Morgan fingerprint density at radius 3 is 2.12 bits per heavy atom. The van der Waals surface area contributed by atoms with E-state index in [2.05, 4.69) is 0 Å². The van der Waals surface area contributed by atoms with Crippen molar-refractivity contribution in [2.45, 2.75) is 24.8 Å². The lowest BCUT2D eigenvalue weighted by molar-refractivity contribution is -0.143. The Balaban J connectivity index is 2.26. The van der Waals surface area contributed by atoms with Crippen molar-refractivity contribution in [1.29, 1.82) is 0 Å². The van der Waals surface area contributed by atoms with Crippen LogP contribution in [0.3, 0.4) is 0 Å². The highest BCUT2D eigenvalue weighted by Gasteiger charge is 2.41. The van der Waals surface area contributed by atoms with Crippen LogP contribution in [0, 0.1) is 0 Å². The van der Waals surface area contributed by atoms with Crippen molar-refractivity contribution in [1.82, 2.24) is 4.90 Å². The first-order valence-corrected chi connectivity index (χ1v) is 7.62. The molecular weight excluding hydrogens is 344 g/mol. The summed E-state index contributed by atoms with van der Waals surface area (Å²) in [7, 11) is 1.66. The maximum atomic E-state index is 13.4. The molecule has 2 aromatic carbocycles. The third kappa shape index (κ3) is 3.51. The number of halogens is 6. The van der Waals surface area contributed by atoms with Gasteiger partial charge in [0, 0.05) is 19.0 Å². The second-order valence-electron chi connectivity index (χ2n) is 6.25. The molecule has 0 fully saturated rings. The zero-order chi connectivity index (χ0) is 18.4. The van der Waals surface area contributed by atoms with Crippen molar-refractivity contribution in [3.05, 3.63) is 70.3 Å². The Hall–Kier alpha value is -2.02. The highest BCUT2D eigenvalue weighted by Crippen LogP contribution is 2.44. The largest absolute Gasteiger partial charge is 0.416 e. The van der Waals surface area contributed by atoms with Crippen molar-refractivity contribution >= 4 is 0 Å². The zero-order valence-corrected chi connectivity index (χ0v) is 13.2. The van der Waals surface area contributed by atoms with Gasteiger partial charge in [-0.2, -0.15) is 26.3 Å². The second-order valence-corrected chi connectivity index (χ2v) is 6.25. The fourth-order valence-corrected chi connectivity index (χ4v) is 3.31. The molecule has 7 heteroatoms. The van der Waals surface area contributed by atoms with Crippen LogP contribution in [0.25, 0.3) is 0 Å². The normalized spacial score (nSPS) is 18.9. The van der Waals surface area contributed by atoms with E-state index in [1.807, 2.05) is 0 Å². The molecule has 0 saturated carbocycles. The summed E-state index contributed by atoms with van der Waals surface area (Å²) in [4.78, 5) is 1.70. The van der Waals surface area contributed by atoms with E-state index < -0.39 is 29.4 Å². The molecule has 1 heterocycles. The lowest BCUT2D eigenvalue weighted by Crippen LogP contribution is -2.33. The minimum atomic E-state index is -4.84. The van der Waals surface area contributed by atoms with Gasteiger partial charge in [-0.05, 0) is 35.9 Å². The number of benzene rings is 2. The minimum absolute atomic E-state index is 0.0361.